The minimum absolute atomic E-state index is 0.0899. The van der Waals surface area contributed by atoms with Crippen molar-refractivity contribution in [1.29, 1.82) is 0 Å². The van der Waals surface area contributed by atoms with Crippen molar-refractivity contribution in [3.8, 4) is 0 Å². The molecule has 0 bridgehead atoms. The van der Waals surface area contributed by atoms with E-state index >= 15 is 0 Å². The number of hydrogen-bond acceptors (Lipinski definition) is 3. The molecule has 0 spiro atoms. The third kappa shape index (κ3) is 3.38. The molecule has 1 heterocycles. The normalized spacial score (nSPS) is 19.1. The average molecular weight is 273 g/mol. The quantitative estimate of drug-likeness (QED) is 0.560. The summed E-state index contributed by atoms with van der Waals surface area (Å²) in [5, 5.41) is 8.56. The molecule has 5 heteroatoms. The van der Waals surface area contributed by atoms with Crippen LogP contribution in [0.25, 0.3) is 0 Å². The van der Waals surface area contributed by atoms with Crippen molar-refractivity contribution in [2.75, 3.05) is 0 Å². The van der Waals surface area contributed by atoms with Crippen LogP contribution >= 0.6 is 0 Å². The Morgan fingerprint density at radius 2 is 1.60 bits per heavy atom. The Morgan fingerprint density at radius 3 is 2.10 bits per heavy atom. The highest BCUT2D eigenvalue weighted by Gasteiger charge is 2.30. The van der Waals surface area contributed by atoms with Crippen molar-refractivity contribution in [1.82, 2.24) is 16.0 Å². The molecule has 0 atom stereocenters. The molecule has 2 rings (SSSR count). The molecule has 1 saturated heterocycles. The first-order chi connectivity index (χ1) is 9.37. The fourth-order valence-electron chi connectivity index (χ4n) is 1.79. The minimum atomic E-state index is -0.483. The van der Waals surface area contributed by atoms with Gasteiger partial charge >= 0.3 is 0 Å². The van der Waals surface area contributed by atoms with Crippen molar-refractivity contribution in [3.05, 3.63) is 47.7 Å². The van der Waals surface area contributed by atoms with Gasteiger partial charge in [0.15, 0.2) is 0 Å². The molecule has 2 amide bonds. The van der Waals surface area contributed by atoms with E-state index in [1.165, 1.54) is 6.20 Å². The highest BCUT2D eigenvalue weighted by atomic mass is 16.2. The SMILES string of the molecule is CC(C)(C)NC=C1C(=O)NC(c2ccccc2)NC1=O. The molecule has 0 radical (unpaired) electrons. The zero-order valence-electron chi connectivity index (χ0n) is 11.9. The molecular weight excluding hydrogens is 254 g/mol. The lowest BCUT2D eigenvalue weighted by Gasteiger charge is -2.27. The van der Waals surface area contributed by atoms with Gasteiger partial charge in [-0.1, -0.05) is 30.3 Å². The Kier molecular flexibility index (Phi) is 3.79. The van der Waals surface area contributed by atoms with Crippen LogP contribution < -0.4 is 16.0 Å². The third-order valence-corrected chi connectivity index (χ3v) is 2.82. The van der Waals surface area contributed by atoms with Crippen LogP contribution in [-0.2, 0) is 9.59 Å². The second-order valence-electron chi connectivity index (χ2n) is 5.74. The Bertz CT molecular complexity index is 524. The van der Waals surface area contributed by atoms with Crippen molar-refractivity contribution in [2.45, 2.75) is 32.5 Å². The van der Waals surface area contributed by atoms with Crippen LogP contribution in [-0.4, -0.2) is 17.4 Å². The van der Waals surface area contributed by atoms with E-state index in [4.69, 9.17) is 0 Å². The van der Waals surface area contributed by atoms with Gasteiger partial charge in [0, 0.05) is 11.7 Å². The second-order valence-corrected chi connectivity index (χ2v) is 5.74. The van der Waals surface area contributed by atoms with Crippen LogP contribution in [0.5, 0.6) is 0 Å². The van der Waals surface area contributed by atoms with Gasteiger partial charge in [-0.15, -0.1) is 0 Å². The smallest absolute Gasteiger partial charge is 0.260 e. The van der Waals surface area contributed by atoms with Crippen molar-refractivity contribution in [2.24, 2.45) is 0 Å². The molecule has 1 fully saturated rings. The van der Waals surface area contributed by atoms with Gasteiger partial charge < -0.3 is 16.0 Å². The van der Waals surface area contributed by atoms with Crippen LogP contribution in [0.4, 0.5) is 0 Å². The number of hydrogen-bond donors (Lipinski definition) is 3. The van der Waals surface area contributed by atoms with Crippen molar-refractivity contribution < 1.29 is 9.59 Å². The fraction of sp³-hybridized carbons (Fsp3) is 0.333. The average Bonchev–Trinajstić information content (AvgIpc) is 2.37. The molecule has 1 aliphatic rings. The molecule has 3 N–H and O–H groups in total. The first kappa shape index (κ1) is 14.1. The van der Waals surface area contributed by atoms with Gasteiger partial charge in [0.2, 0.25) is 0 Å². The Labute approximate surface area is 118 Å². The summed E-state index contributed by atoms with van der Waals surface area (Å²) in [5.74, 6) is -0.751. The monoisotopic (exact) mass is 273 g/mol. The van der Waals surface area contributed by atoms with Crippen LogP contribution in [0, 0.1) is 0 Å². The van der Waals surface area contributed by atoms with E-state index in [1.54, 1.807) is 0 Å². The van der Waals surface area contributed by atoms with Crippen LogP contribution in [0.1, 0.15) is 32.5 Å². The fourth-order valence-corrected chi connectivity index (χ4v) is 1.79. The first-order valence-corrected chi connectivity index (χ1v) is 6.51. The molecule has 0 unspecified atom stereocenters. The highest BCUT2D eigenvalue weighted by Crippen LogP contribution is 2.15. The number of amides is 2. The summed E-state index contributed by atoms with van der Waals surface area (Å²) in [7, 11) is 0. The highest BCUT2D eigenvalue weighted by molar-refractivity contribution is 6.20. The number of carbonyl (C=O) groups is 2. The first-order valence-electron chi connectivity index (χ1n) is 6.51. The van der Waals surface area contributed by atoms with Gasteiger partial charge in [0.1, 0.15) is 11.7 Å². The maximum Gasteiger partial charge on any atom is 0.260 e. The predicted octanol–water partition coefficient (Wildman–Crippen LogP) is 1.20. The Hall–Kier alpha value is -2.30. The molecule has 1 aromatic rings. The summed E-state index contributed by atoms with van der Waals surface area (Å²) < 4.78 is 0. The van der Waals surface area contributed by atoms with E-state index in [-0.39, 0.29) is 22.9 Å². The van der Waals surface area contributed by atoms with Crippen molar-refractivity contribution >= 4 is 11.8 Å². The largest absolute Gasteiger partial charge is 0.385 e. The Morgan fingerprint density at radius 1 is 1.05 bits per heavy atom. The lowest BCUT2D eigenvalue weighted by Crippen LogP contribution is -2.50. The van der Waals surface area contributed by atoms with E-state index in [0.717, 1.165) is 5.56 Å². The lowest BCUT2D eigenvalue weighted by atomic mass is 10.1. The molecule has 1 aliphatic heterocycles. The van der Waals surface area contributed by atoms with Crippen molar-refractivity contribution in [3.63, 3.8) is 0 Å². The van der Waals surface area contributed by atoms with E-state index in [9.17, 15) is 9.59 Å². The standard InChI is InChI=1S/C15H19N3O2/c1-15(2,3)16-9-11-13(19)17-12(18-14(11)20)10-7-5-4-6-8-10/h4-9,12,16H,1-3H3,(H,17,19)(H,18,20). The summed E-state index contributed by atoms with van der Waals surface area (Å²) in [6.45, 7) is 5.86. The van der Waals surface area contributed by atoms with Gasteiger partial charge in [-0.05, 0) is 26.3 Å². The second kappa shape index (κ2) is 5.36. The van der Waals surface area contributed by atoms with Gasteiger partial charge in [0.05, 0.1) is 0 Å². The summed E-state index contributed by atoms with van der Waals surface area (Å²) in [6, 6.07) is 9.32. The number of benzene rings is 1. The molecule has 5 nitrogen and oxygen atoms in total. The molecule has 0 aromatic heterocycles. The van der Waals surface area contributed by atoms with E-state index in [2.05, 4.69) is 16.0 Å². The van der Waals surface area contributed by atoms with E-state index in [0.29, 0.717) is 0 Å². The maximum atomic E-state index is 12.0. The summed E-state index contributed by atoms with van der Waals surface area (Å²) in [4.78, 5) is 24.1. The molecule has 0 aliphatic carbocycles. The maximum absolute atomic E-state index is 12.0. The lowest BCUT2D eigenvalue weighted by molar-refractivity contribution is -0.128. The molecule has 20 heavy (non-hydrogen) atoms. The van der Waals surface area contributed by atoms with E-state index in [1.807, 2.05) is 51.1 Å². The Balaban J connectivity index is 2.13. The topological polar surface area (TPSA) is 70.2 Å². The molecule has 1 aromatic carbocycles. The predicted molar refractivity (Wildman–Crippen MR) is 76.4 cm³/mol. The number of rotatable bonds is 2. The van der Waals surface area contributed by atoms with Crippen LogP contribution in [0.2, 0.25) is 0 Å². The van der Waals surface area contributed by atoms with Crippen LogP contribution in [0.15, 0.2) is 42.1 Å². The van der Waals surface area contributed by atoms with Gasteiger partial charge in [0.25, 0.3) is 11.8 Å². The minimum Gasteiger partial charge on any atom is -0.385 e. The van der Waals surface area contributed by atoms with Gasteiger partial charge in [-0.25, -0.2) is 0 Å². The van der Waals surface area contributed by atoms with Gasteiger partial charge in [-0.3, -0.25) is 9.59 Å². The third-order valence-electron chi connectivity index (χ3n) is 2.82. The molecule has 0 saturated carbocycles. The summed E-state index contributed by atoms with van der Waals surface area (Å²) >= 11 is 0. The zero-order valence-corrected chi connectivity index (χ0v) is 11.9. The number of carbonyl (C=O) groups excluding carboxylic acids is 2. The number of nitrogens with one attached hydrogen (secondary N) is 3. The van der Waals surface area contributed by atoms with Gasteiger partial charge in [-0.2, -0.15) is 0 Å². The van der Waals surface area contributed by atoms with Crippen LogP contribution in [0.3, 0.4) is 0 Å². The summed E-state index contributed by atoms with van der Waals surface area (Å²) in [6.07, 6.45) is 0.981. The summed E-state index contributed by atoms with van der Waals surface area (Å²) in [5.41, 5.74) is 0.730. The molecule has 106 valence electrons. The van der Waals surface area contributed by atoms with E-state index < -0.39 is 6.17 Å². The molecular formula is C15H19N3O2. The zero-order chi connectivity index (χ0) is 14.8.